The SMILES string of the molecule is CC(C)N(C)CCCn1cncc1C1CCNCC1. The third-order valence-corrected chi connectivity index (χ3v) is 4.29. The van der Waals surface area contributed by atoms with Gasteiger partial charge in [0.1, 0.15) is 0 Å². The number of aromatic nitrogens is 2. The zero-order valence-electron chi connectivity index (χ0n) is 12.6. The molecule has 2 rings (SSSR count). The highest BCUT2D eigenvalue weighted by Crippen LogP contribution is 2.24. The number of hydrogen-bond donors (Lipinski definition) is 1. The Morgan fingerprint density at radius 1 is 1.42 bits per heavy atom. The van der Waals surface area contributed by atoms with Crippen molar-refractivity contribution in [2.45, 2.75) is 51.6 Å². The maximum atomic E-state index is 4.36. The molecular formula is C15H28N4. The summed E-state index contributed by atoms with van der Waals surface area (Å²) in [7, 11) is 2.20. The van der Waals surface area contributed by atoms with Gasteiger partial charge >= 0.3 is 0 Å². The fourth-order valence-electron chi connectivity index (χ4n) is 2.72. The van der Waals surface area contributed by atoms with E-state index in [1.54, 1.807) is 0 Å². The van der Waals surface area contributed by atoms with Crippen molar-refractivity contribution in [2.75, 3.05) is 26.7 Å². The van der Waals surface area contributed by atoms with Gasteiger partial charge in [-0.1, -0.05) is 0 Å². The van der Waals surface area contributed by atoms with Crippen molar-refractivity contribution in [3.05, 3.63) is 18.2 Å². The normalized spacial score (nSPS) is 17.5. The van der Waals surface area contributed by atoms with Gasteiger partial charge in [-0.05, 0) is 59.8 Å². The van der Waals surface area contributed by atoms with Crippen LogP contribution >= 0.6 is 0 Å². The number of hydrogen-bond acceptors (Lipinski definition) is 3. The molecule has 1 saturated heterocycles. The molecular weight excluding hydrogens is 236 g/mol. The molecule has 1 fully saturated rings. The Balaban J connectivity index is 1.85. The summed E-state index contributed by atoms with van der Waals surface area (Å²) in [5, 5.41) is 3.43. The molecule has 0 amide bonds. The standard InChI is InChI=1S/C15H28N4/c1-13(2)18(3)9-4-10-19-12-17-11-15(19)14-5-7-16-8-6-14/h11-14,16H,4-10H2,1-3H3. The van der Waals surface area contributed by atoms with Crippen LogP contribution < -0.4 is 5.32 Å². The van der Waals surface area contributed by atoms with E-state index in [1.807, 2.05) is 6.33 Å². The molecule has 1 aliphatic rings. The first kappa shape index (κ1) is 14.5. The molecule has 0 radical (unpaired) electrons. The number of nitrogens with one attached hydrogen (secondary N) is 1. The number of aryl methyl sites for hydroxylation is 1. The quantitative estimate of drug-likeness (QED) is 0.854. The monoisotopic (exact) mass is 264 g/mol. The average molecular weight is 264 g/mol. The molecule has 19 heavy (non-hydrogen) atoms. The predicted molar refractivity (Wildman–Crippen MR) is 79.5 cm³/mol. The lowest BCUT2D eigenvalue weighted by molar-refractivity contribution is 0.264. The highest BCUT2D eigenvalue weighted by Gasteiger charge is 2.18. The Morgan fingerprint density at radius 2 is 2.16 bits per heavy atom. The summed E-state index contributed by atoms with van der Waals surface area (Å²) in [6.45, 7) is 9.03. The van der Waals surface area contributed by atoms with Crippen LogP contribution in [0.2, 0.25) is 0 Å². The molecule has 4 heteroatoms. The second-order valence-electron chi connectivity index (χ2n) is 5.96. The van der Waals surface area contributed by atoms with E-state index >= 15 is 0 Å². The molecule has 108 valence electrons. The number of imidazole rings is 1. The topological polar surface area (TPSA) is 33.1 Å². The van der Waals surface area contributed by atoms with E-state index in [0.717, 1.165) is 26.2 Å². The highest BCUT2D eigenvalue weighted by atomic mass is 15.1. The summed E-state index contributed by atoms with van der Waals surface area (Å²) in [5.74, 6) is 0.701. The summed E-state index contributed by atoms with van der Waals surface area (Å²) in [4.78, 5) is 6.76. The zero-order chi connectivity index (χ0) is 13.7. The van der Waals surface area contributed by atoms with Crippen LogP contribution in [0, 0.1) is 0 Å². The van der Waals surface area contributed by atoms with Crippen molar-refractivity contribution in [1.29, 1.82) is 0 Å². The van der Waals surface area contributed by atoms with Crippen LogP contribution in [0.25, 0.3) is 0 Å². The minimum atomic E-state index is 0.631. The van der Waals surface area contributed by atoms with Crippen molar-refractivity contribution in [3.63, 3.8) is 0 Å². The van der Waals surface area contributed by atoms with Gasteiger partial charge in [0.05, 0.1) is 6.33 Å². The van der Waals surface area contributed by atoms with Crippen LogP contribution in [0.15, 0.2) is 12.5 Å². The predicted octanol–water partition coefficient (Wildman–Crippen LogP) is 2.08. The molecule has 1 N–H and O–H groups in total. The van der Waals surface area contributed by atoms with E-state index in [-0.39, 0.29) is 0 Å². The lowest BCUT2D eigenvalue weighted by atomic mass is 9.95. The van der Waals surface area contributed by atoms with E-state index in [4.69, 9.17) is 0 Å². The fraction of sp³-hybridized carbons (Fsp3) is 0.800. The Labute approximate surface area is 117 Å². The molecule has 0 unspecified atom stereocenters. The summed E-state index contributed by atoms with van der Waals surface area (Å²) in [6.07, 6.45) is 7.77. The Bertz CT molecular complexity index is 366. The molecule has 0 atom stereocenters. The number of rotatable bonds is 6. The van der Waals surface area contributed by atoms with Crippen LogP contribution in [0.1, 0.15) is 44.7 Å². The first-order valence-corrected chi connectivity index (χ1v) is 7.59. The van der Waals surface area contributed by atoms with Gasteiger partial charge in [0.25, 0.3) is 0 Å². The third-order valence-electron chi connectivity index (χ3n) is 4.29. The molecule has 0 spiro atoms. The van der Waals surface area contributed by atoms with Crippen LogP contribution in [0.5, 0.6) is 0 Å². The number of piperidine rings is 1. The highest BCUT2D eigenvalue weighted by molar-refractivity contribution is 5.07. The van der Waals surface area contributed by atoms with Gasteiger partial charge in [0.2, 0.25) is 0 Å². The van der Waals surface area contributed by atoms with Gasteiger partial charge in [-0.25, -0.2) is 4.98 Å². The van der Waals surface area contributed by atoms with Crippen LogP contribution in [-0.4, -0.2) is 47.2 Å². The summed E-state index contributed by atoms with van der Waals surface area (Å²) < 4.78 is 2.37. The smallest absolute Gasteiger partial charge is 0.0948 e. The average Bonchev–Trinajstić information content (AvgIpc) is 2.88. The first-order valence-electron chi connectivity index (χ1n) is 7.59. The molecule has 1 aromatic rings. The van der Waals surface area contributed by atoms with E-state index in [1.165, 1.54) is 25.0 Å². The lowest BCUT2D eigenvalue weighted by Gasteiger charge is -2.24. The van der Waals surface area contributed by atoms with E-state index in [0.29, 0.717) is 12.0 Å². The zero-order valence-corrected chi connectivity index (χ0v) is 12.6. The maximum Gasteiger partial charge on any atom is 0.0948 e. The molecule has 4 nitrogen and oxygen atoms in total. The minimum absolute atomic E-state index is 0.631. The largest absolute Gasteiger partial charge is 0.334 e. The molecule has 0 saturated carbocycles. The van der Waals surface area contributed by atoms with Gasteiger partial charge in [-0.3, -0.25) is 0 Å². The summed E-state index contributed by atoms with van der Waals surface area (Å²) in [5.41, 5.74) is 1.44. The van der Waals surface area contributed by atoms with Crippen molar-refractivity contribution < 1.29 is 0 Å². The van der Waals surface area contributed by atoms with Crippen molar-refractivity contribution in [1.82, 2.24) is 19.8 Å². The van der Waals surface area contributed by atoms with Gasteiger partial charge in [0, 0.05) is 30.4 Å². The van der Waals surface area contributed by atoms with Gasteiger partial charge < -0.3 is 14.8 Å². The van der Waals surface area contributed by atoms with Gasteiger partial charge in [0.15, 0.2) is 0 Å². The van der Waals surface area contributed by atoms with E-state index in [9.17, 15) is 0 Å². The first-order chi connectivity index (χ1) is 9.18. The minimum Gasteiger partial charge on any atom is -0.334 e. The van der Waals surface area contributed by atoms with Crippen molar-refractivity contribution in [2.24, 2.45) is 0 Å². The molecule has 0 aliphatic carbocycles. The lowest BCUT2D eigenvalue weighted by Crippen LogP contribution is -2.29. The molecule has 1 aromatic heterocycles. The molecule has 0 aromatic carbocycles. The fourth-order valence-corrected chi connectivity index (χ4v) is 2.72. The van der Waals surface area contributed by atoms with Crippen LogP contribution in [0.4, 0.5) is 0 Å². The van der Waals surface area contributed by atoms with Gasteiger partial charge in [-0.2, -0.15) is 0 Å². The Kier molecular flexibility index (Phi) is 5.40. The number of nitrogens with zero attached hydrogens (tertiary/aromatic N) is 3. The molecule has 2 heterocycles. The Morgan fingerprint density at radius 3 is 2.84 bits per heavy atom. The van der Waals surface area contributed by atoms with Crippen LogP contribution in [0.3, 0.4) is 0 Å². The van der Waals surface area contributed by atoms with Crippen LogP contribution in [-0.2, 0) is 6.54 Å². The maximum absolute atomic E-state index is 4.36. The van der Waals surface area contributed by atoms with E-state index < -0.39 is 0 Å². The summed E-state index contributed by atoms with van der Waals surface area (Å²) in [6, 6.07) is 0.631. The van der Waals surface area contributed by atoms with Crippen molar-refractivity contribution in [3.8, 4) is 0 Å². The molecule has 1 aliphatic heterocycles. The van der Waals surface area contributed by atoms with Gasteiger partial charge in [-0.15, -0.1) is 0 Å². The van der Waals surface area contributed by atoms with Crippen molar-refractivity contribution >= 4 is 0 Å². The third kappa shape index (κ3) is 4.05. The second kappa shape index (κ2) is 7.06. The second-order valence-corrected chi connectivity index (χ2v) is 5.96. The summed E-state index contributed by atoms with van der Waals surface area (Å²) >= 11 is 0. The van der Waals surface area contributed by atoms with E-state index in [2.05, 4.69) is 46.9 Å². The Hall–Kier alpha value is -0.870. The molecule has 0 bridgehead atoms.